The summed E-state index contributed by atoms with van der Waals surface area (Å²) in [6.07, 6.45) is 7.17. The van der Waals surface area contributed by atoms with Gasteiger partial charge in [0.05, 0.1) is 0 Å². The first kappa shape index (κ1) is 18.7. The maximum absolute atomic E-state index is 12.8. The van der Waals surface area contributed by atoms with E-state index in [-0.39, 0.29) is 24.4 Å². The van der Waals surface area contributed by atoms with E-state index in [1.807, 2.05) is 18.7 Å². The summed E-state index contributed by atoms with van der Waals surface area (Å²) >= 11 is 0. The molecule has 0 radical (unpaired) electrons. The zero-order chi connectivity index (χ0) is 17.7. The molecule has 1 unspecified atom stereocenters. The van der Waals surface area contributed by atoms with Crippen LogP contribution in [0.3, 0.4) is 0 Å². The average Bonchev–Trinajstić information content (AvgIpc) is 2.79. The van der Waals surface area contributed by atoms with Crippen molar-refractivity contribution in [1.29, 1.82) is 0 Å². The highest BCUT2D eigenvalue weighted by Gasteiger charge is 2.51. The number of hydrogen-bond acceptors (Lipinski definition) is 3. The number of nitrogens with one attached hydrogen (secondary N) is 1. The molecule has 2 rings (SSSR count). The Hall–Kier alpha value is -1.59. The van der Waals surface area contributed by atoms with Gasteiger partial charge in [0, 0.05) is 12.6 Å². The van der Waals surface area contributed by atoms with Crippen LogP contribution in [0.4, 0.5) is 4.79 Å². The fraction of sp³-hybridized carbons (Fsp3) is 0.833. The molecule has 1 spiro atoms. The van der Waals surface area contributed by atoms with Crippen molar-refractivity contribution in [2.45, 2.75) is 83.7 Å². The maximum atomic E-state index is 12.8. The van der Waals surface area contributed by atoms with Crippen LogP contribution in [0.25, 0.3) is 0 Å². The van der Waals surface area contributed by atoms with Gasteiger partial charge in [-0.05, 0) is 32.6 Å². The van der Waals surface area contributed by atoms with Crippen LogP contribution < -0.4 is 5.32 Å². The van der Waals surface area contributed by atoms with Crippen molar-refractivity contribution in [1.82, 2.24) is 15.1 Å². The van der Waals surface area contributed by atoms with Gasteiger partial charge in [-0.15, -0.1) is 0 Å². The Morgan fingerprint density at radius 2 is 1.92 bits per heavy atom. The van der Waals surface area contributed by atoms with Gasteiger partial charge < -0.3 is 10.2 Å². The smallest absolute Gasteiger partial charge is 0.325 e. The molecular formula is C18H31N3O3. The van der Waals surface area contributed by atoms with Crippen LogP contribution in [0.5, 0.6) is 0 Å². The first-order valence-electron chi connectivity index (χ1n) is 9.38. The highest BCUT2D eigenvalue weighted by Crippen LogP contribution is 2.33. The zero-order valence-electron chi connectivity index (χ0n) is 15.3. The molecule has 136 valence electrons. The summed E-state index contributed by atoms with van der Waals surface area (Å²) in [6.45, 7) is 6.69. The van der Waals surface area contributed by atoms with Crippen molar-refractivity contribution >= 4 is 17.8 Å². The van der Waals surface area contributed by atoms with Gasteiger partial charge in [0.2, 0.25) is 5.91 Å². The van der Waals surface area contributed by atoms with Crippen LogP contribution in [-0.4, -0.2) is 52.3 Å². The minimum Gasteiger partial charge on any atom is -0.338 e. The first-order valence-corrected chi connectivity index (χ1v) is 9.38. The van der Waals surface area contributed by atoms with Crippen molar-refractivity contribution in [2.75, 3.05) is 13.1 Å². The quantitative estimate of drug-likeness (QED) is 0.726. The number of hydrogen-bond donors (Lipinski definition) is 1. The summed E-state index contributed by atoms with van der Waals surface area (Å²) in [7, 11) is 0. The lowest BCUT2D eigenvalue weighted by Gasteiger charge is -2.31. The fourth-order valence-corrected chi connectivity index (χ4v) is 3.68. The molecule has 0 bridgehead atoms. The Morgan fingerprint density at radius 3 is 2.50 bits per heavy atom. The lowest BCUT2D eigenvalue weighted by Crippen LogP contribution is -2.49. The van der Waals surface area contributed by atoms with Crippen LogP contribution in [0.2, 0.25) is 0 Å². The van der Waals surface area contributed by atoms with Crippen LogP contribution >= 0.6 is 0 Å². The molecular weight excluding hydrogens is 306 g/mol. The molecule has 1 N–H and O–H groups in total. The first-order chi connectivity index (χ1) is 11.4. The van der Waals surface area contributed by atoms with Gasteiger partial charge in [0.1, 0.15) is 12.1 Å². The van der Waals surface area contributed by atoms with E-state index >= 15 is 0 Å². The number of amides is 4. The Morgan fingerprint density at radius 1 is 1.25 bits per heavy atom. The Labute approximate surface area is 144 Å². The second-order valence-corrected chi connectivity index (χ2v) is 7.16. The SMILES string of the molecule is CCCCN(C(=O)CN1C(=O)NC2(CCCCC2)C1=O)C(C)CC. The molecule has 2 aliphatic rings. The van der Waals surface area contributed by atoms with Crippen LogP contribution in [0.1, 0.15) is 72.1 Å². The van der Waals surface area contributed by atoms with Crippen molar-refractivity contribution in [3.05, 3.63) is 0 Å². The standard InChI is InChI=1S/C18H31N3O3/c1-4-6-12-20(14(3)5-2)15(22)13-21-16(23)18(19-17(21)24)10-8-7-9-11-18/h14H,4-13H2,1-3H3,(H,19,24). The van der Waals surface area contributed by atoms with Crippen LogP contribution in [0, 0.1) is 0 Å². The molecule has 4 amide bonds. The van der Waals surface area contributed by atoms with Crippen molar-refractivity contribution in [3.63, 3.8) is 0 Å². The maximum Gasteiger partial charge on any atom is 0.325 e. The predicted octanol–water partition coefficient (Wildman–Crippen LogP) is 2.67. The molecule has 1 aliphatic carbocycles. The van der Waals surface area contributed by atoms with Crippen molar-refractivity contribution in [2.24, 2.45) is 0 Å². The highest BCUT2D eigenvalue weighted by atomic mass is 16.2. The number of carbonyl (C=O) groups excluding carboxylic acids is 3. The molecule has 2 fully saturated rings. The van der Waals surface area contributed by atoms with E-state index in [4.69, 9.17) is 0 Å². The van der Waals surface area contributed by atoms with Gasteiger partial charge in [-0.3, -0.25) is 14.5 Å². The monoisotopic (exact) mass is 337 g/mol. The number of urea groups is 1. The Bertz CT molecular complexity index is 486. The average molecular weight is 337 g/mol. The fourth-order valence-electron chi connectivity index (χ4n) is 3.68. The summed E-state index contributed by atoms with van der Waals surface area (Å²) in [5, 5.41) is 2.87. The number of nitrogens with zero attached hydrogens (tertiary/aromatic N) is 2. The minimum atomic E-state index is -0.750. The normalized spacial score (nSPS) is 21.0. The van der Waals surface area contributed by atoms with Gasteiger partial charge in [-0.1, -0.05) is 39.5 Å². The molecule has 0 aromatic rings. The van der Waals surface area contributed by atoms with Gasteiger partial charge >= 0.3 is 6.03 Å². The molecule has 1 saturated heterocycles. The predicted molar refractivity (Wildman–Crippen MR) is 92.4 cm³/mol. The minimum absolute atomic E-state index is 0.119. The third kappa shape index (κ3) is 3.73. The third-order valence-corrected chi connectivity index (χ3v) is 5.44. The van der Waals surface area contributed by atoms with Gasteiger partial charge in [0.25, 0.3) is 5.91 Å². The lowest BCUT2D eigenvalue weighted by molar-refractivity contribution is -0.140. The number of imide groups is 1. The van der Waals surface area contributed by atoms with Gasteiger partial charge in [-0.25, -0.2) is 4.79 Å². The number of unbranched alkanes of at least 4 members (excludes halogenated alkanes) is 1. The van der Waals surface area contributed by atoms with E-state index in [1.54, 1.807) is 0 Å². The van der Waals surface area contributed by atoms with E-state index < -0.39 is 11.6 Å². The summed E-state index contributed by atoms with van der Waals surface area (Å²) in [6, 6.07) is -0.289. The van der Waals surface area contributed by atoms with E-state index in [9.17, 15) is 14.4 Å². The largest absolute Gasteiger partial charge is 0.338 e. The second kappa shape index (κ2) is 7.99. The third-order valence-electron chi connectivity index (χ3n) is 5.44. The van der Waals surface area contributed by atoms with Crippen LogP contribution in [0.15, 0.2) is 0 Å². The number of carbonyl (C=O) groups is 3. The molecule has 1 saturated carbocycles. The van der Waals surface area contributed by atoms with Crippen molar-refractivity contribution < 1.29 is 14.4 Å². The zero-order valence-corrected chi connectivity index (χ0v) is 15.3. The van der Waals surface area contributed by atoms with E-state index in [0.717, 1.165) is 43.4 Å². The van der Waals surface area contributed by atoms with E-state index in [2.05, 4.69) is 12.2 Å². The highest BCUT2D eigenvalue weighted by molar-refractivity contribution is 6.09. The molecule has 1 atom stereocenters. The Balaban J connectivity index is 2.06. The summed E-state index contributed by atoms with van der Waals surface area (Å²) in [5.41, 5.74) is -0.750. The number of rotatable bonds is 7. The van der Waals surface area contributed by atoms with Crippen molar-refractivity contribution in [3.8, 4) is 0 Å². The summed E-state index contributed by atoms with van der Waals surface area (Å²) in [4.78, 5) is 40.7. The second-order valence-electron chi connectivity index (χ2n) is 7.16. The molecule has 0 aromatic carbocycles. The molecule has 24 heavy (non-hydrogen) atoms. The summed E-state index contributed by atoms with van der Waals surface area (Å²) in [5.74, 6) is -0.339. The topological polar surface area (TPSA) is 69.7 Å². The lowest BCUT2D eigenvalue weighted by atomic mass is 9.82. The molecule has 1 heterocycles. The van der Waals surface area contributed by atoms with Gasteiger partial charge in [0.15, 0.2) is 0 Å². The Kier molecular flexibility index (Phi) is 6.24. The van der Waals surface area contributed by atoms with Crippen LogP contribution in [-0.2, 0) is 9.59 Å². The molecule has 6 heteroatoms. The van der Waals surface area contributed by atoms with E-state index in [1.165, 1.54) is 0 Å². The molecule has 1 aliphatic heterocycles. The molecule has 6 nitrogen and oxygen atoms in total. The van der Waals surface area contributed by atoms with E-state index in [0.29, 0.717) is 19.4 Å². The molecule has 0 aromatic heterocycles. The summed E-state index contributed by atoms with van der Waals surface area (Å²) < 4.78 is 0. The van der Waals surface area contributed by atoms with Gasteiger partial charge in [-0.2, -0.15) is 0 Å².